The van der Waals surface area contributed by atoms with Gasteiger partial charge in [0.2, 0.25) is 0 Å². The lowest BCUT2D eigenvalue weighted by atomic mass is 10.1. The predicted octanol–water partition coefficient (Wildman–Crippen LogP) is 5.71. The second-order valence-electron chi connectivity index (χ2n) is 9.84. The zero-order chi connectivity index (χ0) is 31.1. The molecule has 0 radical (unpaired) electrons. The number of fused-ring (bicyclic) bond motifs is 2. The lowest BCUT2D eigenvalue weighted by Gasteiger charge is -2.17. The molecule has 2 N–H and O–H groups in total. The third kappa shape index (κ3) is 10.1. The number of benzene rings is 4. The number of anilines is 2. The van der Waals surface area contributed by atoms with Gasteiger partial charge in [-0.1, -0.05) is 42.5 Å². The zero-order valence-corrected chi connectivity index (χ0v) is 25.6. The molecule has 10 nitrogen and oxygen atoms in total. The minimum atomic E-state index is -0.571. The highest BCUT2D eigenvalue weighted by atomic mass is 32.1. The topological polar surface area (TPSA) is 106 Å². The van der Waals surface area contributed by atoms with Crippen LogP contribution in [-0.2, 0) is 18.9 Å². The number of carbonyl (C=O) groups excluding carboxylic acids is 1. The Hall–Kier alpha value is -4.26. The van der Waals surface area contributed by atoms with Gasteiger partial charge in [0.25, 0.3) is 0 Å². The van der Waals surface area contributed by atoms with Gasteiger partial charge in [-0.3, -0.25) is 0 Å². The van der Waals surface area contributed by atoms with E-state index in [9.17, 15) is 4.79 Å². The normalized spacial score (nSPS) is 15.3. The molecule has 1 heterocycles. The molecule has 0 spiro atoms. The van der Waals surface area contributed by atoms with E-state index in [-0.39, 0.29) is 12.2 Å². The molecule has 0 amide bonds. The van der Waals surface area contributed by atoms with Gasteiger partial charge < -0.3 is 43.8 Å². The molecule has 0 aliphatic carbocycles. The first-order chi connectivity index (χ1) is 22.2. The first-order valence-corrected chi connectivity index (χ1v) is 15.2. The molecule has 0 aromatic heterocycles. The van der Waals surface area contributed by atoms with Crippen LogP contribution in [0.3, 0.4) is 0 Å². The van der Waals surface area contributed by atoms with E-state index in [2.05, 4.69) is 10.6 Å². The number of esters is 1. The molecule has 4 aromatic carbocycles. The molecule has 5 rings (SSSR count). The summed E-state index contributed by atoms with van der Waals surface area (Å²) in [6.45, 7) is 4.02. The molecule has 45 heavy (non-hydrogen) atoms. The molecule has 0 fully saturated rings. The minimum Gasteiger partial charge on any atom is -0.487 e. The van der Waals surface area contributed by atoms with Gasteiger partial charge in [0.05, 0.1) is 64.1 Å². The number of nitrogens with one attached hydrogen (secondary N) is 2. The number of ether oxygens (including phenoxy) is 7. The van der Waals surface area contributed by atoms with Gasteiger partial charge in [-0.2, -0.15) is 0 Å². The molecule has 0 saturated heterocycles. The minimum absolute atomic E-state index is 0.249. The van der Waals surface area contributed by atoms with E-state index in [0.29, 0.717) is 87.5 Å². The van der Waals surface area contributed by atoms with E-state index in [1.165, 1.54) is 0 Å². The van der Waals surface area contributed by atoms with Gasteiger partial charge in [0, 0.05) is 5.69 Å². The quantitative estimate of drug-likeness (QED) is 0.164. The Kier molecular flexibility index (Phi) is 12.3. The SMILES string of the molecule is O=C(Oc1cc2ccccc2cc1NC(=S)Nc1ccccc1)c1ccc2c(c1)OCCOCCOCCOCCOCCO2. The van der Waals surface area contributed by atoms with Crippen molar-refractivity contribution in [2.75, 3.05) is 76.7 Å². The van der Waals surface area contributed by atoms with E-state index in [0.717, 1.165) is 16.5 Å². The van der Waals surface area contributed by atoms with Gasteiger partial charge in [-0.05, 0) is 65.5 Å². The molecule has 236 valence electrons. The van der Waals surface area contributed by atoms with Crippen molar-refractivity contribution in [2.24, 2.45) is 0 Å². The van der Waals surface area contributed by atoms with Gasteiger partial charge in [-0.15, -0.1) is 0 Å². The van der Waals surface area contributed by atoms with Crippen LogP contribution in [0.5, 0.6) is 17.2 Å². The van der Waals surface area contributed by atoms with Crippen LogP contribution in [0.4, 0.5) is 11.4 Å². The smallest absolute Gasteiger partial charge is 0.343 e. The lowest BCUT2D eigenvalue weighted by Crippen LogP contribution is -2.20. The summed E-state index contributed by atoms with van der Waals surface area (Å²) >= 11 is 5.55. The standard InChI is InChI=1S/C34H36N2O8S/c37-33(27-10-11-30-32(24-27)43-21-19-41-17-15-39-13-12-38-14-16-40-18-20-42-30)44-31-23-26-7-5-4-6-25(26)22-29(31)36-34(45)35-28-8-2-1-3-9-28/h1-11,22-24H,12-21H2,(H2,35,36,45). The van der Waals surface area contributed by atoms with Crippen LogP contribution in [-0.4, -0.2) is 77.2 Å². The summed E-state index contributed by atoms with van der Waals surface area (Å²) in [4.78, 5) is 13.5. The molecular weight excluding hydrogens is 596 g/mol. The molecule has 0 unspecified atom stereocenters. The van der Waals surface area contributed by atoms with Crippen molar-refractivity contribution in [3.05, 3.63) is 90.5 Å². The maximum atomic E-state index is 13.5. The summed E-state index contributed by atoms with van der Waals surface area (Å²) in [6.07, 6.45) is 0. The fraction of sp³-hybridized carbons (Fsp3) is 0.294. The van der Waals surface area contributed by atoms with Gasteiger partial charge >= 0.3 is 5.97 Å². The second-order valence-corrected chi connectivity index (χ2v) is 10.2. The Morgan fingerprint density at radius 2 is 1.16 bits per heavy atom. The lowest BCUT2D eigenvalue weighted by molar-refractivity contribution is -0.00842. The average molecular weight is 633 g/mol. The molecule has 11 heteroatoms. The zero-order valence-electron chi connectivity index (χ0n) is 24.8. The summed E-state index contributed by atoms with van der Waals surface area (Å²) in [5, 5.41) is 8.55. The van der Waals surface area contributed by atoms with E-state index >= 15 is 0 Å². The fourth-order valence-corrected chi connectivity index (χ4v) is 4.64. The summed E-state index contributed by atoms with van der Waals surface area (Å²) < 4.78 is 40.0. The molecule has 0 bridgehead atoms. The Morgan fingerprint density at radius 3 is 1.80 bits per heavy atom. The Morgan fingerprint density at radius 1 is 0.600 bits per heavy atom. The van der Waals surface area contributed by atoms with Crippen molar-refractivity contribution in [3.63, 3.8) is 0 Å². The summed E-state index contributed by atoms with van der Waals surface area (Å²) in [6, 6.07) is 26.0. The van der Waals surface area contributed by atoms with Crippen molar-refractivity contribution in [3.8, 4) is 17.2 Å². The van der Waals surface area contributed by atoms with E-state index in [1.807, 2.05) is 60.7 Å². The molecule has 4 aromatic rings. The highest BCUT2D eigenvalue weighted by Gasteiger charge is 2.17. The number of thiocarbonyl (C=S) groups is 1. The van der Waals surface area contributed by atoms with Gasteiger partial charge in [0.1, 0.15) is 13.2 Å². The third-order valence-corrected chi connectivity index (χ3v) is 6.80. The molecular formula is C34H36N2O8S. The number of rotatable bonds is 4. The van der Waals surface area contributed by atoms with Crippen molar-refractivity contribution >= 4 is 45.4 Å². The van der Waals surface area contributed by atoms with E-state index in [1.54, 1.807) is 24.3 Å². The summed E-state index contributed by atoms with van der Waals surface area (Å²) in [5.41, 5.74) is 1.65. The van der Waals surface area contributed by atoms with Crippen LogP contribution < -0.4 is 24.8 Å². The average Bonchev–Trinajstić information content (AvgIpc) is 3.05. The van der Waals surface area contributed by atoms with Crippen LogP contribution in [0.2, 0.25) is 0 Å². The number of hydrogen-bond donors (Lipinski definition) is 2. The maximum Gasteiger partial charge on any atom is 0.343 e. The molecule has 0 saturated carbocycles. The largest absolute Gasteiger partial charge is 0.487 e. The Labute approximate surface area is 267 Å². The number of para-hydroxylation sites is 1. The monoisotopic (exact) mass is 632 g/mol. The third-order valence-electron chi connectivity index (χ3n) is 6.60. The number of carbonyl (C=O) groups is 1. The summed E-state index contributed by atoms with van der Waals surface area (Å²) in [7, 11) is 0. The molecule has 0 atom stereocenters. The second kappa shape index (κ2) is 17.3. The van der Waals surface area contributed by atoms with E-state index in [4.69, 9.17) is 45.4 Å². The van der Waals surface area contributed by atoms with Crippen molar-refractivity contribution < 1.29 is 38.0 Å². The van der Waals surface area contributed by atoms with Crippen molar-refractivity contribution in [1.82, 2.24) is 0 Å². The highest BCUT2D eigenvalue weighted by Crippen LogP contribution is 2.33. The van der Waals surface area contributed by atoms with Gasteiger partial charge in [0.15, 0.2) is 22.4 Å². The van der Waals surface area contributed by atoms with Gasteiger partial charge in [-0.25, -0.2) is 4.79 Å². The highest BCUT2D eigenvalue weighted by molar-refractivity contribution is 7.80. The first kappa shape index (κ1) is 32.1. The Bertz CT molecular complexity index is 1550. The van der Waals surface area contributed by atoms with E-state index < -0.39 is 5.97 Å². The van der Waals surface area contributed by atoms with Crippen molar-refractivity contribution in [2.45, 2.75) is 0 Å². The fourth-order valence-electron chi connectivity index (χ4n) is 4.42. The van der Waals surface area contributed by atoms with Crippen LogP contribution in [0, 0.1) is 0 Å². The maximum absolute atomic E-state index is 13.5. The number of hydrogen-bond acceptors (Lipinski definition) is 9. The Balaban J connectivity index is 1.31. The van der Waals surface area contributed by atoms with Crippen LogP contribution in [0.1, 0.15) is 10.4 Å². The van der Waals surface area contributed by atoms with Crippen LogP contribution in [0.15, 0.2) is 84.9 Å². The summed E-state index contributed by atoms with van der Waals surface area (Å²) in [5.74, 6) is 0.613. The van der Waals surface area contributed by atoms with Crippen LogP contribution in [0.25, 0.3) is 10.8 Å². The predicted molar refractivity (Wildman–Crippen MR) is 176 cm³/mol. The van der Waals surface area contributed by atoms with Crippen LogP contribution >= 0.6 is 12.2 Å². The first-order valence-electron chi connectivity index (χ1n) is 14.7. The van der Waals surface area contributed by atoms with Crippen molar-refractivity contribution in [1.29, 1.82) is 0 Å². The molecule has 1 aliphatic rings. The molecule has 1 aliphatic heterocycles.